The Morgan fingerprint density at radius 2 is 1.80 bits per heavy atom. The molecule has 1 aromatic heterocycles. The standard InChI is InChI=1S/C24H32N2O4/c1-16(25-15-21(27)30-23(2,3)4)19-11-10-18-9-8-17(14-20(18)26-19)12-13-24(5,6)22(28)29-7/h8-14,16,25H,15H2,1-7H3/b13-12+/t16-/m1/s1. The molecule has 6 heteroatoms. The van der Waals surface area contributed by atoms with Crippen molar-refractivity contribution in [3.63, 3.8) is 0 Å². The van der Waals surface area contributed by atoms with Gasteiger partial charge in [0.25, 0.3) is 0 Å². The number of aromatic nitrogens is 1. The average Bonchev–Trinajstić information content (AvgIpc) is 2.67. The highest BCUT2D eigenvalue weighted by atomic mass is 16.6. The molecule has 1 aromatic carbocycles. The van der Waals surface area contributed by atoms with Gasteiger partial charge >= 0.3 is 11.9 Å². The maximum Gasteiger partial charge on any atom is 0.320 e. The van der Waals surface area contributed by atoms with Crippen LogP contribution in [-0.2, 0) is 19.1 Å². The molecule has 1 atom stereocenters. The van der Waals surface area contributed by atoms with E-state index in [-0.39, 0.29) is 24.5 Å². The minimum Gasteiger partial charge on any atom is -0.468 e. The molecule has 6 nitrogen and oxygen atoms in total. The first-order valence-electron chi connectivity index (χ1n) is 10.0. The normalized spacial score (nSPS) is 13.4. The van der Waals surface area contributed by atoms with E-state index in [1.54, 1.807) is 0 Å². The summed E-state index contributed by atoms with van der Waals surface area (Å²) in [5.41, 5.74) is 1.41. The van der Waals surface area contributed by atoms with E-state index in [1.165, 1.54) is 7.11 Å². The molecule has 0 saturated heterocycles. The second kappa shape index (κ2) is 9.39. The maximum atomic E-state index is 11.9. The van der Waals surface area contributed by atoms with Crippen LogP contribution in [0, 0.1) is 5.41 Å². The van der Waals surface area contributed by atoms with Gasteiger partial charge in [-0.2, -0.15) is 0 Å². The van der Waals surface area contributed by atoms with Crippen molar-refractivity contribution in [2.45, 2.75) is 53.2 Å². The Morgan fingerprint density at radius 1 is 1.13 bits per heavy atom. The number of hydrogen-bond acceptors (Lipinski definition) is 6. The van der Waals surface area contributed by atoms with E-state index >= 15 is 0 Å². The Balaban J connectivity index is 2.14. The predicted octanol–water partition coefficient (Wildman–Crippen LogP) is 4.44. The average molecular weight is 413 g/mol. The molecule has 0 amide bonds. The molecular weight excluding hydrogens is 380 g/mol. The van der Waals surface area contributed by atoms with Crippen LogP contribution in [0.5, 0.6) is 0 Å². The number of methoxy groups -OCH3 is 1. The number of nitrogens with zero attached hydrogens (tertiary/aromatic N) is 1. The van der Waals surface area contributed by atoms with Crippen LogP contribution >= 0.6 is 0 Å². The van der Waals surface area contributed by atoms with Crippen molar-refractivity contribution in [2.75, 3.05) is 13.7 Å². The lowest BCUT2D eigenvalue weighted by Crippen LogP contribution is -2.32. The Labute approximate surface area is 178 Å². The number of benzene rings is 1. The molecule has 0 saturated carbocycles. The molecule has 0 fully saturated rings. The first-order valence-corrected chi connectivity index (χ1v) is 10.0. The Bertz CT molecular complexity index is 942. The van der Waals surface area contributed by atoms with E-state index in [4.69, 9.17) is 14.5 Å². The van der Waals surface area contributed by atoms with E-state index in [2.05, 4.69) is 5.32 Å². The highest BCUT2D eigenvalue weighted by Crippen LogP contribution is 2.23. The SMILES string of the molecule is COC(=O)C(C)(C)/C=C/c1ccc2ccc([C@@H](C)NCC(=O)OC(C)(C)C)nc2c1. The number of carbonyl (C=O) groups is 2. The minimum atomic E-state index is -0.709. The number of nitrogens with one attached hydrogen (secondary N) is 1. The van der Waals surface area contributed by atoms with E-state index in [0.29, 0.717) is 0 Å². The molecule has 0 aliphatic heterocycles. The van der Waals surface area contributed by atoms with Crippen LogP contribution in [0.1, 0.15) is 58.8 Å². The minimum absolute atomic E-state index is 0.112. The van der Waals surface area contributed by atoms with Crippen molar-refractivity contribution in [3.8, 4) is 0 Å². The van der Waals surface area contributed by atoms with Gasteiger partial charge in [-0.3, -0.25) is 19.9 Å². The first kappa shape index (κ1) is 23.5. The summed E-state index contributed by atoms with van der Waals surface area (Å²) in [6, 6.07) is 9.80. The van der Waals surface area contributed by atoms with Gasteiger partial charge in [0.05, 0.1) is 30.3 Å². The molecule has 0 unspecified atom stereocenters. The third kappa shape index (κ3) is 6.66. The molecule has 162 valence electrons. The Kier molecular flexibility index (Phi) is 7.37. The number of ether oxygens (including phenoxy) is 2. The van der Waals surface area contributed by atoms with Crippen molar-refractivity contribution in [2.24, 2.45) is 5.41 Å². The molecule has 2 rings (SSSR count). The fraction of sp³-hybridized carbons (Fsp3) is 0.458. The monoisotopic (exact) mass is 412 g/mol. The van der Waals surface area contributed by atoms with Gasteiger partial charge in [0.15, 0.2) is 0 Å². The molecule has 0 bridgehead atoms. The smallest absolute Gasteiger partial charge is 0.320 e. The molecule has 0 radical (unpaired) electrons. The van der Waals surface area contributed by atoms with E-state index in [1.807, 2.05) is 84.0 Å². The summed E-state index contributed by atoms with van der Waals surface area (Å²) in [4.78, 5) is 28.5. The summed E-state index contributed by atoms with van der Waals surface area (Å²) in [6.07, 6.45) is 3.73. The number of esters is 2. The second-order valence-electron chi connectivity index (χ2n) is 8.92. The van der Waals surface area contributed by atoms with Crippen LogP contribution in [-0.4, -0.2) is 36.2 Å². The van der Waals surface area contributed by atoms with E-state index in [0.717, 1.165) is 22.2 Å². The van der Waals surface area contributed by atoms with Crippen molar-refractivity contribution in [3.05, 3.63) is 47.7 Å². The number of hydrogen-bond donors (Lipinski definition) is 1. The zero-order valence-corrected chi connectivity index (χ0v) is 18.9. The van der Waals surface area contributed by atoms with E-state index < -0.39 is 11.0 Å². The highest BCUT2D eigenvalue weighted by Gasteiger charge is 2.25. The van der Waals surface area contributed by atoms with Crippen LogP contribution in [0.25, 0.3) is 17.0 Å². The van der Waals surface area contributed by atoms with Gasteiger partial charge in [0.1, 0.15) is 5.60 Å². The maximum absolute atomic E-state index is 11.9. The predicted molar refractivity (Wildman–Crippen MR) is 119 cm³/mol. The lowest BCUT2D eigenvalue weighted by Gasteiger charge is -2.20. The number of fused-ring (bicyclic) bond motifs is 1. The number of rotatable bonds is 7. The highest BCUT2D eigenvalue weighted by molar-refractivity contribution is 5.83. The summed E-state index contributed by atoms with van der Waals surface area (Å²) in [5.74, 6) is -0.583. The molecule has 30 heavy (non-hydrogen) atoms. The van der Waals surface area contributed by atoms with Gasteiger partial charge in [-0.05, 0) is 59.2 Å². The Hall–Kier alpha value is -2.73. The summed E-state index contributed by atoms with van der Waals surface area (Å²) < 4.78 is 10.2. The Morgan fingerprint density at radius 3 is 2.43 bits per heavy atom. The third-order valence-electron chi connectivity index (χ3n) is 4.56. The largest absolute Gasteiger partial charge is 0.468 e. The van der Waals surface area contributed by atoms with Crippen LogP contribution in [0.3, 0.4) is 0 Å². The lowest BCUT2D eigenvalue weighted by molar-refractivity contribution is -0.153. The van der Waals surface area contributed by atoms with Crippen LogP contribution in [0.2, 0.25) is 0 Å². The van der Waals surface area contributed by atoms with E-state index in [9.17, 15) is 9.59 Å². The summed E-state index contributed by atoms with van der Waals surface area (Å²) in [6.45, 7) is 11.2. The summed E-state index contributed by atoms with van der Waals surface area (Å²) in [7, 11) is 1.39. The third-order valence-corrected chi connectivity index (χ3v) is 4.56. The molecule has 0 spiro atoms. The fourth-order valence-corrected chi connectivity index (χ4v) is 2.85. The molecule has 1 N–H and O–H groups in total. The quantitative estimate of drug-likeness (QED) is 0.678. The van der Waals surface area contributed by atoms with Gasteiger partial charge < -0.3 is 9.47 Å². The van der Waals surface area contributed by atoms with Crippen molar-refractivity contribution in [1.82, 2.24) is 10.3 Å². The van der Waals surface area contributed by atoms with Crippen LogP contribution in [0.15, 0.2) is 36.4 Å². The fourth-order valence-electron chi connectivity index (χ4n) is 2.85. The second-order valence-corrected chi connectivity index (χ2v) is 8.92. The molecule has 0 aliphatic carbocycles. The molecule has 0 aliphatic rings. The number of pyridine rings is 1. The topological polar surface area (TPSA) is 77.5 Å². The van der Waals surface area contributed by atoms with Crippen molar-refractivity contribution in [1.29, 1.82) is 0 Å². The van der Waals surface area contributed by atoms with Gasteiger partial charge in [0.2, 0.25) is 0 Å². The summed E-state index contributed by atoms with van der Waals surface area (Å²) >= 11 is 0. The van der Waals surface area contributed by atoms with Crippen molar-refractivity contribution >= 4 is 28.9 Å². The lowest BCUT2D eigenvalue weighted by atomic mass is 9.92. The molecular formula is C24H32N2O4. The zero-order valence-electron chi connectivity index (χ0n) is 18.9. The summed E-state index contributed by atoms with van der Waals surface area (Å²) in [5, 5.41) is 4.18. The van der Waals surface area contributed by atoms with Crippen molar-refractivity contribution < 1.29 is 19.1 Å². The van der Waals surface area contributed by atoms with Gasteiger partial charge in [0, 0.05) is 11.4 Å². The zero-order chi connectivity index (χ0) is 22.5. The van der Waals surface area contributed by atoms with Crippen LogP contribution in [0.4, 0.5) is 0 Å². The van der Waals surface area contributed by atoms with Gasteiger partial charge in [-0.15, -0.1) is 0 Å². The van der Waals surface area contributed by atoms with Crippen LogP contribution < -0.4 is 5.32 Å². The van der Waals surface area contributed by atoms with Gasteiger partial charge in [-0.25, -0.2) is 0 Å². The molecule has 1 heterocycles. The molecule has 2 aromatic rings. The first-order chi connectivity index (χ1) is 13.9. The number of carbonyl (C=O) groups excluding carboxylic acids is 2. The van der Waals surface area contributed by atoms with Gasteiger partial charge in [-0.1, -0.05) is 30.4 Å².